The Bertz CT molecular complexity index is 910. The summed E-state index contributed by atoms with van der Waals surface area (Å²) in [5, 5.41) is 6.55. The Morgan fingerprint density at radius 1 is 1.04 bits per heavy atom. The second-order valence-corrected chi connectivity index (χ2v) is 8.33. The zero-order valence-corrected chi connectivity index (χ0v) is 17.1. The van der Waals surface area contributed by atoms with Crippen molar-refractivity contribution in [3.8, 4) is 0 Å². The van der Waals surface area contributed by atoms with Crippen LogP contribution >= 0.6 is 34.8 Å². The molecule has 1 aromatic carbocycles. The van der Waals surface area contributed by atoms with Gasteiger partial charge in [0.05, 0.1) is 15.1 Å². The third-order valence-corrected chi connectivity index (χ3v) is 5.77. The molecule has 0 atom stereocenters. The summed E-state index contributed by atoms with van der Waals surface area (Å²) in [6, 6.07) is 7.64. The van der Waals surface area contributed by atoms with Crippen LogP contribution < -0.4 is 15.4 Å². The predicted octanol–water partition coefficient (Wildman–Crippen LogP) is 2.94. The van der Waals surface area contributed by atoms with Crippen LogP contribution in [0.25, 0.3) is 0 Å². The number of nitrogens with one attached hydrogen (secondary N) is 3. The molecule has 7 nitrogen and oxygen atoms in total. The highest BCUT2D eigenvalue weighted by molar-refractivity contribution is 7.89. The number of amides is 1. The van der Waals surface area contributed by atoms with E-state index in [9.17, 15) is 13.2 Å². The molecule has 3 N–H and O–H groups in total. The van der Waals surface area contributed by atoms with Crippen LogP contribution in [0.3, 0.4) is 0 Å². The summed E-state index contributed by atoms with van der Waals surface area (Å²) in [5.41, 5.74) is 0. The van der Waals surface area contributed by atoms with E-state index in [0.29, 0.717) is 29.0 Å². The van der Waals surface area contributed by atoms with Crippen molar-refractivity contribution in [2.45, 2.75) is 11.3 Å². The fraction of sp³-hybridized carbons (Fsp3) is 0.250. The van der Waals surface area contributed by atoms with Gasteiger partial charge in [-0.25, -0.2) is 18.1 Å². The van der Waals surface area contributed by atoms with Gasteiger partial charge in [0, 0.05) is 32.3 Å². The highest BCUT2D eigenvalue weighted by atomic mass is 35.5. The van der Waals surface area contributed by atoms with Crippen molar-refractivity contribution in [1.82, 2.24) is 15.0 Å². The minimum absolute atomic E-state index is 0.0103. The maximum Gasteiger partial charge on any atom is 0.242 e. The quantitative estimate of drug-likeness (QED) is 0.509. The lowest BCUT2D eigenvalue weighted by Crippen LogP contribution is -2.33. The number of rotatable bonds is 9. The van der Waals surface area contributed by atoms with Crippen LogP contribution in [0, 0.1) is 0 Å². The summed E-state index contributed by atoms with van der Waals surface area (Å²) in [5.74, 6) is 0.164. The Balaban J connectivity index is 1.70. The lowest BCUT2D eigenvalue weighted by molar-refractivity contribution is -0.120. The molecule has 1 heterocycles. The molecule has 0 saturated carbocycles. The van der Waals surface area contributed by atoms with Crippen molar-refractivity contribution >= 4 is 56.6 Å². The first-order valence-corrected chi connectivity index (χ1v) is 10.5. The van der Waals surface area contributed by atoms with Crippen LogP contribution in [0.4, 0.5) is 5.82 Å². The van der Waals surface area contributed by atoms with Gasteiger partial charge in [-0.3, -0.25) is 4.79 Å². The van der Waals surface area contributed by atoms with Gasteiger partial charge in [0.25, 0.3) is 0 Å². The maximum absolute atomic E-state index is 12.1. The molecule has 2 aromatic rings. The molecule has 1 aromatic heterocycles. The summed E-state index contributed by atoms with van der Waals surface area (Å²) in [7, 11) is -3.76. The highest BCUT2D eigenvalue weighted by Crippen LogP contribution is 2.22. The molecule has 2 rings (SSSR count). The molecule has 0 fully saturated rings. The molecule has 0 bridgehead atoms. The average molecular weight is 452 g/mol. The first-order chi connectivity index (χ1) is 12.8. The zero-order chi connectivity index (χ0) is 19.9. The van der Waals surface area contributed by atoms with E-state index >= 15 is 0 Å². The number of nitrogens with zero attached hydrogens (tertiary/aromatic N) is 1. The van der Waals surface area contributed by atoms with E-state index < -0.39 is 10.0 Å². The normalized spacial score (nSPS) is 11.2. The first kappa shape index (κ1) is 21.7. The molecule has 0 aliphatic carbocycles. The largest absolute Gasteiger partial charge is 0.367 e. The van der Waals surface area contributed by atoms with Gasteiger partial charge in [0.15, 0.2) is 0 Å². The number of carbonyl (C=O) groups is 1. The van der Waals surface area contributed by atoms with Gasteiger partial charge < -0.3 is 10.6 Å². The lowest BCUT2D eigenvalue weighted by Gasteiger charge is -2.10. The number of benzene rings is 1. The SMILES string of the molecule is O=C(CCNS(=O)(=O)c1ccccc1Cl)NCCNc1ncc(Cl)cc1Cl. The molecule has 11 heteroatoms. The van der Waals surface area contributed by atoms with Crippen LogP contribution in [0.5, 0.6) is 0 Å². The van der Waals surface area contributed by atoms with E-state index in [1.807, 2.05) is 0 Å². The average Bonchev–Trinajstić information content (AvgIpc) is 2.60. The molecule has 0 saturated heterocycles. The van der Waals surface area contributed by atoms with Crippen molar-refractivity contribution in [1.29, 1.82) is 0 Å². The Morgan fingerprint density at radius 3 is 2.48 bits per heavy atom. The molecule has 0 radical (unpaired) electrons. The maximum atomic E-state index is 12.1. The van der Waals surface area contributed by atoms with Gasteiger partial charge in [-0.05, 0) is 18.2 Å². The van der Waals surface area contributed by atoms with Crippen LogP contribution in [0.15, 0.2) is 41.4 Å². The molecule has 0 unspecified atom stereocenters. The van der Waals surface area contributed by atoms with E-state index in [4.69, 9.17) is 34.8 Å². The van der Waals surface area contributed by atoms with Crippen molar-refractivity contribution < 1.29 is 13.2 Å². The number of aromatic nitrogens is 1. The van der Waals surface area contributed by atoms with Crippen molar-refractivity contribution in [2.75, 3.05) is 25.0 Å². The number of hydrogen-bond donors (Lipinski definition) is 3. The number of anilines is 1. The van der Waals surface area contributed by atoms with Gasteiger partial charge in [-0.15, -0.1) is 0 Å². The van der Waals surface area contributed by atoms with Gasteiger partial charge in [-0.2, -0.15) is 0 Å². The predicted molar refractivity (Wildman–Crippen MR) is 107 cm³/mol. The number of halogens is 3. The van der Waals surface area contributed by atoms with Gasteiger partial charge >= 0.3 is 0 Å². The molecule has 0 aliphatic heterocycles. The molecule has 0 aliphatic rings. The van der Waals surface area contributed by atoms with Crippen molar-refractivity contribution in [3.05, 3.63) is 51.6 Å². The number of hydrogen-bond acceptors (Lipinski definition) is 5. The van der Waals surface area contributed by atoms with Crippen LogP contribution in [0.2, 0.25) is 15.1 Å². The minimum atomic E-state index is -3.76. The van der Waals surface area contributed by atoms with Crippen LogP contribution in [-0.2, 0) is 14.8 Å². The molecular weight excluding hydrogens is 435 g/mol. The molecule has 146 valence electrons. The van der Waals surface area contributed by atoms with E-state index in [0.717, 1.165) is 0 Å². The molecule has 0 spiro atoms. The standard InChI is InChI=1S/C16H17Cl3N4O3S/c17-11-9-13(19)16(22-10-11)21-8-7-20-15(24)5-6-23-27(25,26)14-4-2-1-3-12(14)18/h1-4,9-10,23H,5-8H2,(H,20,24)(H,21,22). The summed E-state index contributed by atoms with van der Waals surface area (Å²) < 4.78 is 26.6. The highest BCUT2D eigenvalue weighted by Gasteiger charge is 2.17. The number of sulfonamides is 1. The Kier molecular flexibility index (Phi) is 8.12. The molecule has 1 amide bonds. The van der Waals surface area contributed by atoms with Crippen LogP contribution in [-0.4, -0.2) is 38.9 Å². The van der Waals surface area contributed by atoms with Crippen LogP contribution in [0.1, 0.15) is 6.42 Å². The number of pyridine rings is 1. The lowest BCUT2D eigenvalue weighted by atomic mass is 10.4. The summed E-state index contributed by atoms with van der Waals surface area (Å²) >= 11 is 17.6. The van der Waals surface area contributed by atoms with E-state index in [1.54, 1.807) is 18.2 Å². The molecular formula is C16H17Cl3N4O3S. The topological polar surface area (TPSA) is 100 Å². The number of carbonyl (C=O) groups excluding carboxylic acids is 1. The third-order valence-electron chi connectivity index (χ3n) is 3.32. The summed E-state index contributed by atoms with van der Waals surface area (Å²) in [4.78, 5) is 15.8. The zero-order valence-electron chi connectivity index (χ0n) is 14.0. The second-order valence-electron chi connectivity index (χ2n) is 5.34. The third kappa shape index (κ3) is 6.82. The van der Waals surface area contributed by atoms with Gasteiger partial charge in [0.2, 0.25) is 15.9 Å². The Morgan fingerprint density at radius 2 is 1.78 bits per heavy atom. The van der Waals surface area contributed by atoms with E-state index in [1.165, 1.54) is 18.3 Å². The Hall–Kier alpha value is -1.58. The van der Waals surface area contributed by atoms with Crippen molar-refractivity contribution in [2.24, 2.45) is 0 Å². The second kappa shape index (κ2) is 10.1. The fourth-order valence-electron chi connectivity index (χ4n) is 2.06. The fourth-order valence-corrected chi connectivity index (χ4v) is 4.05. The Labute approximate surface area is 172 Å². The minimum Gasteiger partial charge on any atom is -0.367 e. The van der Waals surface area contributed by atoms with E-state index in [-0.39, 0.29) is 28.8 Å². The summed E-state index contributed by atoms with van der Waals surface area (Å²) in [6.45, 7) is 0.666. The monoisotopic (exact) mass is 450 g/mol. The van der Waals surface area contributed by atoms with Gasteiger partial charge in [-0.1, -0.05) is 46.9 Å². The summed E-state index contributed by atoms with van der Waals surface area (Å²) in [6.07, 6.45) is 1.45. The smallest absolute Gasteiger partial charge is 0.242 e. The van der Waals surface area contributed by atoms with Crippen molar-refractivity contribution in [3.63, 3.8) is 0 Å². The van der Waals surface area contributed by atoms with Gasteiger partial charge in [0.1, 0.15) is 10.7 Å². The van der Waals surface area contributed by atoms with E-state index in [2.05, 4.69) is 20.3 Å². The molecule has 27 heavy (non-hydrogen) atoms. The first-order valence-electron chi connectivity index (χ1n) is 7.85.